The first-order valence-corrected chi connectivity index (χ1v) is 8.68. The quantitative estimate of drug-likeness (QED) is 0.839. The van der Waals surface area contributed by atoms with Crippen LogP contribution < -0.4 is 0 Å². The van der Waals surface area contributed by atoms with Crippen molar-refractivity contribution in [3.05, 3.63) is 35.4 Å². The molecule has 4 heteroatoms. The van der Waals surface area contributed by atoms with Crippen molar-refractivity contribution in [2.45, 2.75) is 39.7 Å². The maximum Gasteiger partial charge on any atom is 0.225 e. The molecule has 1 saturated heterocycles. The van der Waals surface area contributed by atoms with E-state index in [-0.39, 0.29) is 5.92 Å². The molecule has 1 aromatic rings. The summed E-state index contributed by atoms with van der Waals surface area (Å²) in [6.45, 7) is 8.73. The van der Waals surface area contributed by atoms with E-state index in [4.69, 9.17) is 5.26 Å². The fourth-order valence-electron chi connectivity index (χ4n) is 3.19. The maximum absolute atomic E-state index is 12.5. The van der Waals surface area contributed by atoms with Crippen molar-refractivity contribution >= 4 is 5.91 Å². The summed E-state index contributed by atoms with van der Waals surface area (Å²) in [6.07, 6.45) is 2.89. The number of hydrogen-bond donors (Lipinski definition) is 0. The summed E-state index contributed by atoms with van der Waals surface area (Å²) in [4.78, 5) is 17.0. The van der Waals surface area contributed by atoms with E-state index >= 15 is 0 Å². The smallest absolute Gasteiger partial charge is 0.225 e. The van der Waals surface area contributed by atoms with Crippen molar-refractivity contribution < 1.29 is 4.79 Å². The Morgan fingerprint density at radius 3 is 2.43 bits per heavy atom. The molecule has 2 rings (SSSR count). The Hall–Kier alpha value is -1.86. The van der Waals surface area contributed by atoms with E-state index in [0.29, 0.717) is 11.5 Å². The molecule has 0 aliphatic carbocycles. The van der Waals surface area contributed by atoms with Crippen LogP contribution in [-0.2, 0) is 11.3 Å². The van der Waals surface area contributed by atoms with E-state index in [9.17, 15) is 4.79 Å². The molecule has 0 aromatic heterocycles. The van der Waals surface area contributed by atoms with Crippen LogP contribution in [0, 0.1) is 17.2 Å². The van der Waals surface area contributed by atoms with Crippen molar-refractivity contribution in [3.63, 3.8) is 0 Å². The lowest BCUT2D eigenvalue weighted by atomic mass is 10.0. The molecule has 0 spiro atoms. The summed E-state index contributed by atoms with van der Waals surface area (Å²) in [5.41, 5.74) is 1.93. The van der Waals surface area contributed by atoms with Crippen LogP contribution in [0.1, 0.15) is 44.2 Å². The Balaban J connectivity index is 1.90. The molecule has 4 nitrogen and oxygen atoms in total. The molecule has 1 amide bonds. The molecule has 1 aliphatic rings. The van der Waals surface area contributed by atoms with Gasteiger partial charge in [0.25, 0.3) is 0 Å². The monoisotopic (exact) mass is 313 g/mol. The highest BCUT2D eigenvalue weighted by molar-refractivity contribution is 5.78. The third kappa shape index (κ3) is 4.80. The van der Waals surface area contributed by atoms with Crippen LogP contribution in [0.4, 0.5) is 0 Å². The van der Waals surface area contributed by atoms with E-state index in [1.54, 1.807) is 0 Å². The van der Waals surface area contributed by atoms with Gasteiger partial charge in [-0.05, 0) is 37.0 Å². The second kappa shape index (κ2) is 8.69. The number of hydrogen-bond acceptors (Lipinski definition) is 3. The zero-order valence-corrected chi connectivity index (χ0v) is 14.3. The molecule has 0 atom stereocenters. The molecule has 1 heterocycles. The summed E-state index contributed by atoms with van der Waals surface area (Å²) in [7, 11) is 0. The highest BCUT2D eigenvalue weighted by Gasteiger charge is 2.23. The summed E-state index contributed by atoms with van der Waals surface area (Å²) in [6, 6.07) is 9.94. The van der Waals surface area contributed by atoms with Gasteiger partial charge in [0.1, 0.15) is 0 Å². The number of nitrogens with zero attached hydrogens (tertiary/aromatic N) is 3. The van der Waals surface area contributed by atoms with Crippen LogP contribution in [0.15, 0.2) is 24.3 Å². The fourth-order valence-corrected chi connectivity index (χ4v) is 3.19. The molecule has 1 aromatic carbocycles. The largest absolute Gasteiger partial charge is 0.341 e. The minimum atomic E-state index is 0.181. The van der Waals surface area contributed by atoms with Gasteiger partial charge >= 0.3 is 0 Å². The van der Waals surface area contributed by atoms with Gasteiger partial charge in [-0.3, -0.25) is 9.69 Å². The first-order chi connectivity index (χ1) is 11.2. The highest BCUT2D eigenvalue weighted by Crippen LogP contribution is 2.15. The molecular weight excluding hydrogens is 286 g/mol. The normalized spacial score (nSPS) is 16.2. The second-order valence-electron chi connectivity index (χ2n) is 6.28. The highest BCUT2D eigenvalue weighted by atomic mass is 16.2. The van der Waals surface area contributed by atoms with E-state index in [1.165, 1.54) is 5.56 Å². The van der Waals surface area contributed by atoms with Crippen LogP contribution in [0.25, 0.3) is 0 Å². The lowest BCUT2D eigenvalue weighted by molar-refractivity contribution is -0.135. The number of carbonyl (C=O) groups excluding carboxylic acids is 1. The van der Waals surface area contributed by atoms with Crippen molar-refractivity contribution in [2.75, 3.05) is 26.2 Å². The third-order valence-corrected chi connectivity index (χ3v) is 4.72. The van der Waals surface area contributed by atoms with Gasteiger partial charge in [0.2, 0.25) is 5.91 Å². The Morgan fingerprint density at radius 2 is 1.83 bits per heavy atom. The van der Waals surface area contributed by atoms with Crippen molar-refractivity contribution in [1.29, 1.82) is 5.26 Å². The second-order valence-corrected chi connectivity index (χ2v) is 6.28. The molecule has 124 valence electrons. The van der Waals surface area contributed by atoms with Gasteiger partial charge in [-0.25, -0.2) is 0 Å². The Kier molecular flexibility index (Phi) is 6.61. The van der Waals surface area contributed by atoms with Crippen LogP contribution >= 0.6 is 0 Å². The number of nitriles is 1. The molecule has 0 radical (unpaired) electrons. The molecule has 0 saturated carbocycles. The Bertz CT molecular complexity index is 543. The van der Waals surface area contributed by atoms with E-state index in [0.717, 1.165) is 52.0 Å². The predicted octanol–water partition coefficient (Wildman–Crippen LogP) is 3.03. The summed E-state index contributed by atoms with van der Waals surface area (Å²) < 4.78 is 0. The topological polar surface area (TPSA) is 47.3 Å². The van der Waals surface area contributed by atoms with Crippen LogP contribution in [0.3, 0.4) is 0 Å². The number of benzene rings is 1. The zero-order chi connectivity index (χ0) is 16.7. The zero-order valence-electron chi connectivity index (χ0n) is 14.3. The molecule has 1 fully saturated rings. The van der Waals surface area contributed by atoms with E-state index in [1.807, 2.05) is 24.3 Å². The number of amides is 1. The molecule has 1 aliphatic heterocycles. The van der Waals surface area contributed by atoms with Crippen molar-refractivity contribution in [2.24, 2.45) is 5.92 Å². The van der Waals surface area contributed by atoms with Crippen LogP contribution in [-0.4, -0.2) is 41.9 Å². The first-order valence-electron chi connectivity index (χ1n) is 8.68. The van der Waals surface area contributed by atoms with Crippen molar-refractivity contribution in [3.8, 4) is 6.07 Å². The minimum Gasteiger partial charge on any atom is -0.341 e. The summed E-state index contributed by atoms with van der Waals surface area (Å²) in [5, 5.41) is 8.86. The maximum atomic E-state index is 12.5. The number of rotatable bonds is 5. The average Bonchev–Trinajstić information content (AvgIpc) is 2.82. The van der Waals surface area contributed by atoms with Gasteiger partial charge in [-0.1, -0.05) is 26.0 Å². The predicted molar refractivity (Wildman–Crippen MR) is 91.7 cm³/mol. The van der Waals surface area contributed by atoms with Crippen molar-refractivity contribution in [1.82, 2.24) is 9.80 Å². The van der Waals surface area contributed by atoms with E-state index in [2.05, 4.69) is 29.7 Å². The van der Waals surface area contributed by atoms with E-state index < -0.39 is 0 Å². The summed E-state index contributed by atoms with van der Waals surface area (Å²) in [5.74, 6) is 0.510. The van der Waals surface area contributed by atoms with Gasteiger partial charge in [0.05, 0.1) is 11.6 Å². The Labute approximate surface area is 139 Å². The van der Waals surface area contributed by atoms with Gasteiger partial charge in [0, 0.05) is 38.6 Å². The molecular formula is C19H27N3O. The first kappa shape index (κ1) is 17.5. The lowest BCUT2D eigenvalue weighted by Crippen LogP contribution is -2.38. The Morgan fingerprint density at radius 1 is 1.13 bits per heavy atom. The molecule has 0 bridgehead atoms. The van der Waals surface area contributed by atoms with Crippen LogP contribution in [0.2, 0.25) is 0 Å². The van der Waals surface area contributed by atoms with Gasteiger partial charge < -0.3 is 4.90 Å². The average molecular weight is 313 g/mol. The molecule has 0 unspecified atom stereocenters. The van der Waals surface area contributed by atoms with Gasteiger partial charge in [-0.2, -0.15) is 5.26 Å². The SMILES string of the molecule is CCC(CC)C(=O)N1CCCN(Cc2ccc(C#N)cc2)CC1. The van der Waals surface area contributed by atoms with Gasteiger partial charge in [-0.15, -0.1) is 0 Å². The standard InChI is InChI=1S/C19H27N3O/c1-3-18(4-2)19(23)22-11-5-10-21(12-13-22)15-17-8-6-16(14-20)7-9-17/h6-9,18H,3-5,10-13,15H2,1-2H3. The molecule has 23 heavy (non-hydrogen) atoms. The molecule has 0 N–H and O–H groups in total. The van der Waals surface area contributed by atoms with Gasteiger partial charge in [0.15, 0.2) is 0 Å². The fraction of sp³-hybridized carbons (Fsp3) is 0.579. The lowest BCUT2D eigenvalue weighted by Gasteiger charge is -2.25. The summed E-state index contributed by atoms with van der Waals surface area (Å²) >= 11 is 0. The van der Waals surface area contributed by atoms with Crippen LogP contribution in [0.5, 0.6) is 0 Å². The number of carbonyl (C=O) groups is 1. The third-order valence-electron chi connectivity index (χ3n) is 4.72. The minimum absolute atomic E-state index is 0.181.